The van der Waals surface area contributed by atoms with Gasteiger partial charge in [0, 0.05) is 11.6 Å². The second-order valence-electron chi connectivity index (χ2n) is 4.87. The Balaban J connectivity index is 1.96. The molecule has 18 heavy (non-hydrogen) atoms. The zero-order chi connectivity index (χ0) is 12.8. The summed E-state index contributed by atoms with van der Waals surface area (Å²) in [7, 11) is 1.76. The SMILES string of the molecule is COC1(Cc2nc3cc(Br)cc(N)c3o2)CCC1. The lowest BCUT2D eigenvalue weighted by Gasteiger charge is -2.39. The largest absolute Gasteiger partial charge is 0.438 e. The minimum Gasteiger partial charge on any atom is -0.438 e. The van der Waals surface area contributed by atoms with Gasteiger partial charge in [0.1, 0.15) is 5.52 Å². The number of nitrogens with zero attached hydrogens (tertiary/aromatic N) is 1. The molecule has 0 unspecified atom stereocenters. The Hall–Kier alpha value is -1.07. The number of fused-ring (bicyclic) bond motifs is 1. The Labute approximate surface area is 114 Å². The minimum absolute atomic E-state index is 0.0765. The van der Waals surface area contributed by atoms with Crippen molar-refractivity contribution in [1.29, 1.82) is 0 Å². The van der Waals surface area contributed by atoms with Crippen molar-refractivity contribution in [3.8, 4) is 0 Å². The van der Waals surface area contributed by atoms with Crippen molar-refractivity contribution in [1.82, 2.24) is 4.98 Å². The van der Waals surface area contributed by atoms with Crippen LogP contribution in [-0.4, -0.2) is 17.7 Å². The number of nitrogens with two attached hydrogens (primary N) is 1. The van der Waals surface area contributed by atoms with E-state index in [-0.39, 0.29) is 5.60 Å². The van der Waals surface area contributed by atoms with Crippen LogP contribution in [0.2, 0.25) is 0 Å². The van der Waals surface area contributed by atoms with Crippen LogP contribution >= 0.6 is 15.9 Å². The fourth-order valence-corrected chi connectivity index (χ4v) is 2.91. The molecule has 1 aromatic heterocycles. The van der Waals surface area contributed by atoms with E-state index in [9.17, 15) is 0 Å². The van der Waals surface area contributed by atoms with Crippen molar-refractivity contribution in [3.05, 3.63) is 22.5 Å². The van der Waals surface area contributed by atoms with E-state index in [1.807, 2.05) is 12.1 Å². The summed E-state index contributed by atoms with van der Waals surface area (Å²) in [6, 6.07) is 3.74. The maximum absolute atomic E-state index is 5.92. The van der Waals surface area contributed by atoms with E-state index in [0.717, 1.165) is 29.3 Å². The summed E-state index contributed by atoms with van der Waals surface area (Å²) < 4.78 is 12.3. The first-order chi connectivity index (χ1) is 8.62. The van der Waals surface area contributed by atoms with E-state index >= 15 is 0 Å². The van der Waals surface area contributed by atoms with Gasteiger partial charge in [-0.25, -0.2) is 4.98 Å². The van der Waals surface area contributed by atoms with Crippen molar-refractivity contribution in [2.24, 2.45) is 0 Å². The molecule has 5 heteroatoms. The first kappa shape index (κ1) is 12.0. The van der Waals surface area contributed by atoms with Crippen LogP contribution in [0.15, 0.2) is 21.0 Å². The molecule has 4 nitrogen and oxygen atoms in total. The highest BCUT2D eigenvalue weighted by Crippen LogP contribution is 2.38. The first-order valence-corrected chi connectivity index (χ1v) is 6.81. The third kappa shape index (κ3) is 1.91. The summed E-state index contributed by atoms with van der Waals surface area (Å²) in [6.07, 6.45) is 4.07. The molecular formula is C13H15BrN2O2. The third-order valence-corrected chi connectivity index (χ3v) is 4.16. The molecule has 0 amide bonds. The minimum atomic E-state index is -0.0765. The van der Waals surface area contributed by atoms with E-state index in [4.69, 9.17) is 14.9 Å². The Morgan fingerprint density at radius 2 is 2.28 bits per heavy atom. The monoisotopic (exact) mass is 310 g/mol. The topological polar surface area (TPSA) is 61.3 Å². The van der Waals surface area contributed by atoms with Gasteiger partial charge in [0.2, 0.25) is 0 Å². The number of aromatic nitrogens is 1. The molecule has 0 spiro atoms. The van der Waals surface area contributed by atoms with Gasteiger partial charge in [-0.15, -0.1) is 0 Å². The van der Waals surface area contributed by atoms with Crippen molar-refractivity contribution in [3.63, 3.8) is 0 Å². The van der Waals surface area contributed by atoms with Gasteiger partial charge in [-0.2, -0.15) is 0 Å². The summed E-state index contributed by atoms with van der Waals surface area (Å²) >= 11 is 3.41. The fraction of sp³-hybridized carbons (Fsp3) is 0.462. The molecule has 3 rings (SSSR count). The number of halogens is 1. The molecule has 96 valence electrons. The van der Waals surface area contributed by atoms with Gasteiger partial charge in [-0.05, 0) is 31.4 Å². The molecule has 0 bridgehead atoms. The van der Waals surface area contributed by atoms with Gasteiger partial charge in [-0.3, -0.25) is 0 Å². The maximum Gasteiger partial charge on any atom is 0.198 e. The molecule has 1 fully saturated rings. The molecule has 0 radical (unpaired) electrons. The zero-order valence-corrected chi connectivity index (χ0v) is 11.8. The van der Waals surface area contributed by atoms with Gasteiger partial charge in [0.25, 0.3) is 0 Å². The van der Waals surface area contributed by atoms with E-state index in [2.05, 4.69) is 20.9 Å². The number of nitrogen functional groups attached to an aromatic ring is 1. The number of oxazole rings is 1. The van der Waals surface area contributed by atoms with E-state index in [1.165, 1.54) is 6.42 Å². The lowest BCUT2D eigenvalue weighted by Crippen LogP contribution is -2.41. The highest BCUT2D eigenvalue weighted by atomic mass is 79.9. The molecule has 1 aliphatic rings. The van der Waals surface area contributed by atoms with Crippen LogP contribution in [0, 0.1) is 0 Å². The van der Waals surface area contributed by atoms with Crippen LogP contribution in [-0.2, 0) is 11.2 Å². The predicted octanol–water partition coefficient (Wildman–Crippen LogP) is 3.28. The summed E-state index contributed by atoms with van der Waals surface area (Å²) in [6.45, 7) is 0. The van der Waals surface area contributed by atoms with Gasteiger partial charge < -0.3 is 14.9 Å². The molecule has 0 aliphatic heterocycles. The van der Waals surface area contributed by atoms with Crippen molar-refractivity contribution in [2.45, 2.75) is 31.3 Å². The molecule has 1 aromatic carbocycles. The number of anilines is 1. The number of benzene rings is 1. The predicted molar refractivity (Wildman–Crippen MR) is 73.4 cm³/mol. The van der Waals surface area contributed by atoms with Crippen molar-refractivity contribution in [2.75, 3.05) is 12.8 Å². The molecule has 0 atom stereocenters. The van der Waals surface area contributed by atoms with Crippen LogP contribution in [0.4, 0.5) is 5.69 Å². The average Bonchev–Trinajstić information content (AvgIpc) is 2.66. The first-order valence-electron chi connectivity index (χ1n) is 6.01. The summed E-state index contributed by atoms with van der Waals surface area (Å²) in [5.74, 6) is 0.705. The summed E-state index contributed by atoms with van der Waals surface area (Å²) in [4.78, 5) is 4.49. The van der Waals surface area contributed by atoms with E-state index in [1.54, 1.807) is 7.11 Å². The van der Waals surface area contributed by atoms with Gasteiger partial charge in [0.05, 0.1) is 17.7 Å². The van der Waals surface area contributed by atoms with Gasteiger partial charge in [-0.1, -0.05) is 15.9 Å². The van der Waals surface area contributed by atoms with Gasteiger partial charge >= 0.3 is 0 Å². The number of ether oxygens (including phenoxy) is 1. The lowest BCUT2D eigenvalue weighted by atomic mass is 9.77. The average molecular weight is 311 g/mol. The van der Waals surface area contributed by atoms with Crippen LogP contribution in [0.25, 0.3) is 11.1 Å². The number of methoxy groups -OCH3 is 1. The molecule has 2 N–H and O–H groups in total. The third-order valence-electron chi connectivity index (χ3n) is 3.70. The fourth-order valence-electron chi connectivity index (χ4n) is 2.44. The van der Waals surface area contributed by atoms with Gasteiger partial charge in [0.15, 0.2) is 11.5 Å². The Morgan fingerprint density at radius 1 is 1.50 bits per heavy atom. The second-order valence-corrected chi connectivity index (χ2v) is 5.78. The number of hydrogen-bond acceptors (Lipinski definition) is 4. The standard InChI is InChI=1S/C13H15BrN2O2/c1-17-13(3-2-4-13)7-11-16-10-6-8(14)5-9(15)12(10)18-11/h5-6H,2-4,7,15H2,1H3. The summed E-state index contributed by atoms with van der Waals surface area (Å²) in [5.41, 5.74) is 7.91. The molecule has 0 saturated heterocycles. The van der Waals surface area contributed by atoms with E-state index < -0.39 is 0 Å². The highest BCUT2D eigenvalue weighted by Gasteiger charge is 2.38. The summed E-state index contributed by atoms with van der Waals surface area (Å²) in [5, 5.41) is 0. The second kappa shape index (κ2) is 4.24. The molecule has 1 aliphatic carbocycles. The van der Waals surface area contributed by atoms with Crippen LogP contribution < -0.4 is 5.73 Å². The maximum atomic E-state index is 5.92. The van der Waals surface area contributed by atoms with Crippen molar-refractivity contribution >= 4 is 32.7 Å². The molecule has 1 heterocycles. The van der Waals surface area contributed by atoms with Crippen LogP contribution in [0.1, 0.15) is 25.2 Å². The Bertz CT molecular complexity index is 584. The quantitative estimate of drug-likeness (QED) is 0.884. The van der Waals surface area contributed by atoms with Crippen LogP contribution in [0.3, 0.4) is 0 Å². The lowest BCUT2D eigenvalue weighted by molar-refractivity contribution is -0.0743. The molecule has 2 aromatic rings. The highest BCUT2D eigenvalue weighted by molar-refractivity contribution is 9.10. The Kier molecular flexibility index (Phi) is 2.83. The zero-order valence-electron chi connectivity index (χ0n) is 10.2. The van der Waals surface area contributed by atoms with E-state index in [0.29, 0.717) is 17.2 Å². The Morgan fingerprint density at radius 3 is 2.89 bits per heavy atom. The molecular weight excluding hydrogens is 296 g/mol. The number of rotatable bonds is 3. The van der Waals surface area contributed by atoms with Crippen molar-refractivity contribution < 1.29 is 9.15 Å². The number of hydrogen-bond donors (Lipinski definition) is 1. The smallest absolute Gasteiger partial charge is 0.198 e. The van der Waals surface area contributed by atoms with Crippen LogP contribution in [0.5, 0.6) is 0 Å². The normalized spacial score (nSPS) is 17.9. The molecule has 1 saturated carbocycles.